The van der Waals surface area contributed by atoms with E-state index in [0.717, 1.165) is 43.4 Å². The molecule has 1 heterocycles. The van der Waals surface area contributed by atoms with Crippen LogP contribution in [0, 0.1) is 0 Å². The normalized spacial score (nSPS) is 14.8. The van der Waals surface area contributed by atoms with Crippen LogP contribution in [0.2, 0.25) is 0 Å². The number of benzene rings is 2. The Kier molecular flexibility index (Phi) is 9.08. The molecule has 1 saturated heterocycles. The summed E-state index contributed by atoms with van der Waals surface area (Å²) < 4.78 is 41.4. The van der Waals surface area contributed by atoms with Crippen LogP contribution in [0.25, 0.3) is 0 Å². The summed E-state index contributed by atoms with van der Waals surface area (Å²) in [4.78, 5) is 8.60. The second-order valence-corrected chi connectivity index (χ2v) is 6.91. The molecule has 2 aromatic carbocycles. The zero-order valence-corrected chi connectivity index (χ0v) is 19.4. The van der Waals surface area contributed by atoms with E-state index in [1.54, 1.807) is 31.3 Å². The van der Waals surface area contributed by atoms with Crippen LogP contribution >= 0.6 is 24.0 Å². The smallest absolute Gasteiger partial charge is 0.422 e. The monoisotopic (exact) mass is 550 g/mol. The molecule has 0 aromatic heterocycles. The van der Waals surface area contributed by atoms with Crippen molar-refractivity contribution in [2.45, 2.75) is 12.7 Å². The molecule has 1 fully saturated rings. The molecule has 10 heteroatoms. The molecule has 2 aromatic rings. The van der Waals surface area contributed by atoms with Crippen LogP contribution in [0.15, 0.2) is 53.5 Å². The van der Waals surface area contributed by atoms with Crippen LogP contribution in [0.5, 0.6) is 11.5 Å². The Labute approximate surface area is 196 Å². The van der Waals surface area contributed by atoms with Gasteiger partial charge in [0, 0.05) is 39.8 Å². The largest absolute Gasteiger partial charge is 0.506 e. The lowest BCUT2D eigenvalue weighted by Crippen LogP contribution is -2.52. The Morgan fingerprint density at radius 2 is 1.71 bits per heavy atom. The summed E-state index contributed by atoms with van der Waals surface area (Å²) in [7, 11) is 1.71. The van der Waals surface area contributed by atoms with Gasteiger partial charge in [0.05, 0.1) is 5.69 Å². The van der Waals surface area contributed by atoms with Gasteiger partial charge in [-0.1, -0.05) is 24.3 Å². The second-order valence-electron chi connectivity index (χ2n) is 6.91. The number of nitrogens with zero attached hydrogens (tertiary/aromatic N) is 3. The molecule has 0 saturated carbocycles. The summed E-state index contributed by atoms with van der Waals surface area (Å²) >= 11 is 0. The topological polar surface area (TPSA) is 60.3 Å². The Morgan fingerprint density at radius 3 is 2.29 bits per heavy atom. The van der Waals surface area contributed by atoms with Crippen molar-refractivity contribution in [1.82, 2.24) is 10.2 Å². The maximum atomic E-state index is 12.2. The van der Waals surface area contributed by atoms with Gasteiger partial charge in [-0.3, -0.25) is 4.99 Å². The van der Waals surface area contributed by atoms with Crippen LogP contribution in [0.4, 0.5) is 18.9 Å². The second kappa shape index (κ2) is 11.3. The highest BCUT2D eigenvalue weighted by Crippen LogP contribution is 2.27. The molecule has 1 aliphatic heterocycles. The van der Waals surface area contributed by atoms with E-state index in [4.69, 9.17) is 4.74 Å². The molecular formula is C21H26F3IN4O2. The van der Waals surface area contributed by atoms with Crippen LogP contribution in [0.1, 0.15) is 5.56 Å². The van der Waals surface area contributed by atoms with Crippen molar-refractivity contribution in [3.05, 3.63) is 54.1 Å². The molecular weight excluding hydrogens is 524 g/mol. The first-order chi connectivity index (χ1) is 14.4. The number of alkyl halides is 3. The van der Waals surface area contributed by atoms with Crippen LogP contribution in [0.3, 0.4) is 0 Å². The predicted molar refractivity (Wildman–Crippen MR) is 125 cm³/mol. The van der Waals surface area contributed by atoms with Gasteiger partial charge in [0.2, 0.25) is 0 Å². The van der Waals surface area contributed by atoms with Crippen molar-refractivity contribution in [1.29, 1.82) is 0 Å². The lowest BCUT2D eigenvalue weighted by molar-refractivity contribution is -0.153. The fourth-order valence-corrected chi connectivity index (χ4v) is 3.27. The molecule has 170 valence electrons. The number of halogens is 4. The number of nitrogens with one attached hydrogen (secondary N) is 1. The molecule has 0 amide bonds. The summed E-state index contributed by atoms with van der Waals surface area (Å²) in [6.07, 6.45) is -4.35. The Hall–Kier alpha value is -2.37. The fraction of sp³-hybridized carbons (Fsp3) is 0.381. The Balaban J connectivity index is 0.00000341. The lowest BCUT2D eigenvalue weighted by atomic mass is 10.2. The van der Waals surface area contributed by atoms with Crippen LogP contribution in [-0.4, -0.2) is 62.0 Å². The van der Waals surface area contributed by atoms with E-state index in [2.05, 4.69) is 20.1 Å². The number of guanidine groups is 1. The molecule has 0 aliphatic carbocycles. The zero-order valence-electron chi connectivity index (χ0n) is 17.1. The number of aromatic hydroxyl groups is 1. The van der Waals surface area contributed by atoms with E-state index < -0.39 is 12.8 Å². The number of ether oxygens (including phenoxy) is 1. The summed E-state index contributed by atoms with van der Waals surface area (Å²) in [5.41, 5.74) is 1.73. The maximum absolute atomic E-state index is 12.2. The summed E-state index contributed by atoms with van der Waals surface area (Å²) in [5.74, 6) is 1.21. The summed E-state index contributed by atoms with van der Waals surface area (Å²) in [5, 5.41) is 13.3. The maximum Gasteiger partial charge on any atom is 0.422 e. The SMILES string of the molecule is CN=C(NCc1ccc(OCC(F)(F)F)cc1)N1CCN(c2ccccc2O)CC1.I. The third kappa shape index (κ3) is 7.37. The quantitative estimate of drug-likeness (QED) is 0.337. The molecule has 2 N–H and O–H groups in total. The van der Waals surface area contributed by atoms with Gasteiger partial charge in [-0.2, -0.15) is 13.2 Å². The van der Waals surface area contributed by atoms with Gasteiger partial charge in [-0.25, -0.2) is 0 Å². The number of aliphatic imine (C=N–C) groups is 1. The fourth-order valence-electron chi connectivity index (χ4n) is 3.27. The average molecular weight is 550 g/mol. The number of hydrogen-bond acceptors (Lipinski definition) is 4. The van der Waals surface area contributed by atoms with Crippen molar-refractivity contribution >= 4 is 35.6 Å². The number of phenols is 1. The number of piperazine rings is 1. The first-order valence-electron chi connectivity index (χ1n) is 9.63. The van der Waals surface area contributed by atoms with E-state index in [1.165, 1.54) is 12.1 Å². The highest BCUT2D eigenvalue weighted by atomic mass is 127. The van der Waals surface area contributed by atoms with Crippen LogP contribution < -0.4 is 15.0 Å². The lowest BCUT2D eigenvalue weighted by Gasteiger charge is -2.37. The molecule has 0 bridgehead atoms. The average Bonchev–Trinajstić information content (AvgIpc) is 2.74. The van der Waals surface area contributed by atoms with Crippen molar-refractivity contribution in [3.8, 4) is 11.5 Å². The van der Waals surface area contributed by atoms with E-state index in [9.17, 15) is 18.3 Å². The molecule has 3 rings (SSSR count). The van der Waals surface area contributed by atoms with Crippen LogP contribution in [-0.2, 0) is 6.54 Å². The van der Waals surface area contributed by atoms with Gasteiger partial charge in [0.15, 0.2) is 12.6 Å². The van der Waals surface area contributed by atoms with E-state index in [1.807, 2.05) is 12.1 Å². The van der Waals surface area contributed by atoms with Gasteiger partial charge in [0.1, 0.15) is 11.5 Å². The molecule has 0 radical (unpaired) electrons. The van der Waals surface area contributed by atoms with Gasteiger partial charge in [-0.05, 0) is 29.8 Å². The third-order valence-corrected chi connectivity index (χ3v) is 4.79. The van der Waals surface area contributed by atoms with Gasteiger partial charge in [0.25, 0.3) is 0 Å². The molecule has 31 heavy (non-hydrogen) atoms. The number of hydrogen-bond donors (Lipinski definition) is 2. The minimum atomic E-state index is -4.35. The highest BCUT2D eigenvalue weighted by Gasteiger charge is 2.28. The van der Waals surface area contributed by atoms with E-state index in [-0.39, 0.29) is 35.5 Å². The van der Waals surface area contributed by atoms with Gasteiger partial charge < -0.3 is 25.0 Å². The molecule has 0 unspecified atom stereocenters. The van der Waals surface area contributed by atoms with E-state index in [0.29, 0.717) is 6.54 Å². The Morgan fingerprint density at radius 1 is 1.06 bits per heavy atom. The number of anilines is 1. The van der Waals surface area contributed by atoms with Gasteiger partial charge >= 0.3 is 6.18 Å². The van der Waals surface area contributed by atoms with Crippen molar-refractivity contribution in [3.63, 3.8) is 0 Å². The minimum Gasteiger partial charge on any atom is -0.506 e. The summed E-state index contributed by atoms with van der Waals surface area (Å²) in [6.45, 7) is 2.19. The van der Waals surface area contributed by atoms with Crippen molar-refractivity contribution < 1.29 is 23.0 Å². The third-order valence-electron chi connectivity index (χ3n) is 4.79. The van der Waals surface area contributed by atoms with Crippen molar-refractivity contribution in [2.24, 2.45) is 4.99 Å². The number of rotatable bonds is 5. The number of phenolic OH excluding ortho intramolecular Hbond substituents is 1. The Bertz CT molecular complexity index is 854. The first-order valence-corrected chi connectivity index (χ1v) is 9.63. The van der Waals surface area contributed by atoms with Crippen molar-refractivity contribution in [2.75, 3.05) is 44.7 Å². The van der Waals surface area contributed by atoms with E-state index >= 15 is 0 Å². The standard InChI is InChI=1S/C21H25F3N4O2.HI/c1-25-20(26-14-16-6-8-17(9-7-16)30-15-21(22,23)24)28-12-10-27(11-13-28)18-4-2-3-5-19(18)29;/h2-9,29H,10-15H2,1H3,(H,25,26);1H. The first kappa shape index (κ1) is 24.9. The minimum absolute atomic E-state index is 0. The molecule has 0 spiro atoms. The zero-order chi connectivity index (χ0) is 21.6. The summed E-state index contributed by atoms with van der Waals surface area (Å²) in [6, 6.07) is 13.8. The highest BCUT2D eigenvalue weighted by molar-refractivity contribution is 14.0. The molecule has 1 aliphatic rings. The molecule has 6 nitrogen and oxygen atoms in total. The number of para-hydroxylation sites is 2. The van der Waals surface area contributed by atoms with Gasteiger partial charge in [-0.15, -0.1) is 24.0 Å². The predicted octanol–water partition coefficient (Wildman–Crippen LogP) is 3.85. The molecule has 0 atom stereocenters.